The van der Waals surface area contributed by atoms with Gasteiger partial charge in [-0.1, -0.05) is 24.3 Å². The number of carbonyl (C=O) groups is 1. The van der Waals surface area contributed by atoms with Crippen molar-refractivity contribution < 1.29 is 18.3 Å². The predicted molar refractivity (Wildman–Crippen MR) is 142 cm³/mol. The first-order valence-corrected chi connectivity index (χ1v) is 11.9. The van der Waals surface area contributed by atoms with Crippen molar-refractivity contribution in [3.8, 4) is 17.2 Å². The van der Waals surface area contributed by atoms with Gasteiger partial charge in [0.2, 0.25) is 5.89 Å². The lowest BCUT2D eigenvalue weighted by Gasteiger charge is -2.10. The normalized spacial score (nSPS) is 10.9. The summed E-state index contributed by atoms with van der Waals surface area (Å²) in [5, 5.41) is 5.98. The second kappa shape index (κ2) is 10.2. The van der Waals surface area contributed by atoms with Gasteiger partial charge in [-0.15, -0.1) is 0 Å². The quantitative estimate of drug-likeness (QED) is 0.225. The molecule has 5 rings (SSSR count). The number of para-hydroxylation sites is 2. The standard InChI is InChI=1S/C28H21BrFN3O3/c1-35-25-13-9-18(14-21(25)29)27(34)32-20-10-6-17(7-11-20)16-31-23-12-8-19(15-22(23)30)28-33-24-4-2-3-5-26(24)36-28/h2-15,31H,16H2,1H3,(H,32,34). The highest BCUT2D eigenvalue weighted by Gasteiger charge is 2.12. The molecule has 0 saturated heterocycles. The van der Waals surface area contributed by atoms with Crippen LogP contribution in [-0.4, -0.2) is 18.0 Å². The Kier molecular flexibility index (Phi) is 6.69. The van der Waals surface area contributed by atoms with Gasteiger partial charge in [-0.2, -0.15) is 0 Å². The first-order chi connectivity index (χ1) is 17.5. The van der Waals surface area contributed by atoms with Crippen LogP contribution in [0.15, 0.2) is 93.8 Å². The van der Waals surface area contributed by atoms with Crippen molar-refractivity contribution in [2.75, 3.05) is 17.7 Å². The Morgan fingerprint density at radius 3 is 2.56 bits per heavy atom. The number of amides is 1. The van der Waals surface area contributed by atoms with E-state index in [9.17, 15) is 9.18 Å². The summed E-state index contributed by atoms with van der Waals surface area (Å²) in [6.45, 7) is 0.415. The lowest BCUT2D eigenvalue weighted by atomic mass is 10.1. The Hall–Kier alpha value is -4.17. The van der Waals surface area contributed by atoms with Crippen LogP contribution in [0, 0.1) is 5.82 Å². The number of anilines is 2. The molecule has 4 aromatic carbocycles. The molecule has 1 amide bonds. The van der Waals surface area contributed by atoms with Crippen LogP contribution in [0.25, 0.3) is 22.6 Å². The summed E-state index contributed by atoms with van der Waals surface area (Å²) in [5.41, 5.74) is 4.42. The average molecular weight is 546 g/mol. The van der Waals surface area contributed by atoms with Gasteiger partial charge in [0.05, 0.1) is 17.3 Å². The number of nitrogens with zero attached hydrogens (tertiary/aromatic N) is 1. The summed E-state index contributed by atoms with van der Waals surface area (Å²) >= 11 is 3.39. The van der Waals surface area contributed by atoms with Gasteiger partial charge in [-0.3, -0.25) is 4.79 Å². The van der Waals surface area contributed by atoms with Crippen LogP contribution in [0.3, 0.4) is 0 Å². The molecule has 5 aromatic rings. The van der Waals surface area contributed by atoms with Gasteiger partial charge >= 0.3 is 0 Å². The number of hydrogen-bond donors (Lipinski definition) is 2. The highest BCUT2D eigenvalue weighted by atomic mass is 79.9. The first kappa shape index (κ1) is 23.6. The Morgan fingerprint density at radius 1 is 1.03 bits per heavy atom. The first-order valence-electron chi connectivity index (χ1n) is 11.1. The summed E-state index contributed by atoms with van der Waals surface area (Å²) < 4.78 is 26.4. The molecule has 0 bridgehead atoms. The molecule has 0 aliphatic heterocycles. The molecule has 0 radical (unpaired) electrons. The van der Waals surface area contributed by atoms with Crippen molar-refractivity contribution >= 4 is 44.3 Å². The van der Waals surface area contributed by atoms with Gasteiger partial charge in [-0.25, -0.2) is 9.37 Å². The highest BCUT2D eigenvalue weighted by Crippen LogP contribution is 2.28. The van der Waals surface area contributed by atoms with Crippen LogP contribution in [0.4, 0.5) is 15.8 Å². The van der Waals surface area contributed by atoms with Crippen molar-refractivity contribution in [2.24, 2.45) is 0 Å². The van der Waals surface area contributed by atoms with Gasteiger partial charge in [0, 0.05) is 23.4 Å². The van der Waals surface area contributed by atoms with E-state index in [1.807, 2.05) is 36.4 Å². The van der Waals surface area contributed by atoms with Crippen molar-refractivity contribution in [3.05, 3.63) is 106 Å². The zero-order valence-electron chi connectivity index (χ0n) is 19.2. The number of halogens is 2. The zero-order valence-corrected chi connectivity index (χ0v) is 20.8. The minimum absolute atomic E-state index is 0.231. The van der Waals surface area contributed by atoms with Crippen molar-refractivity contribution in [3.63, 3.8) is 0 Å². The third-order valence-corrected chi connectivity index (χ3v) is 6.24. The molecule has 8 heteroatoms. The number of oxazole rings is 1. The maximum atomic E-state index is 14.7. The highest BCUT2D eigenvalue weighted by molar-refractivity contribution is 9.10. The average Bonchev–Trinajstić information content (AvgIpc) is 3.33. The van der Waals surface area contributed by atoms with Gasteiger partial charge in [0.15, 0.2) is 5.58 Å². The molecule has 36 heavy (non-hydrogen) atoms. The van der Waals surface area contributed by atoms with Crippen LogP contribution in [0.1, 0.15) is 15.9 Å². The van der Waals surface area contributed by atoms with Crippen molar-refractivity contribution in [1.82, 2.24) is 4.98 Å². The number of carbonyl (C=O) groups excluding carboxylic acids is 1. The number of nitrogens with one attached hydrogen (secondary N) is 2. The fourth-order valence-corrected chi connectivity index (χ4v) is 4.24. The summed E-state index contributed by atoms with van der Waals surface area (Å²) in [6, 6.07) is 24.8. The van der Waals surface area contributed by atoms with E-state index >= 15 is 0 Å². The topological polar surface area (TPSA) is 76.4 Å². The number of methoxy groups -OCH3 is 1. The third kappa shape index (κ3) is 5.08. The van der Waals surface area contributed by atoms with Gasteiger partial charge < -0.3 is 19.8 Å². The lowest BCUT2D eigenvalue weighted by molar-refractivity contribution is 0.102. The van der Waals surface area contributed by atoms with E-state index in [1.165, 1.54) is 6.07 Å². The maximum absolute atomic E-state index is 14.7. The van der Waals surface area contributed by atoms with E-state index < -0.39 is 5.82 Å². The van der Waals surface area contributed by atoms with E-state index in [1.54, 1.807) is 49.6 Å². The smallest absolute Gasteiger partial charge is 0.255 e. The summed E-state index contributed by atoms with van der Waals surface area (Å²) in [7, 11) is 1.57. The second-order valence-electron chi connectivity index (χ2n) is 8.04. The number of hydrogen-bond acceptors (Lipinski definition) is 5. The fraction of sp³-hybridized carbons (Fsp3) is 0.0714. The zero-order chi connectivity index (χ0) is 25.1. The summed E-state index contributed by atoms with van der Waals surface area (Å²) in [5.74, 6) is 0.400. The third-order valence-electron chi connectivity index (χ3n) is 5.62. The Morgan fingerprint density at radius 2 is 1.83 bits per heavy atom. The number of aromatic nitrogens is 1. The molecule has 0 spiro atoms. The van der Waals surface area contributed by atoms with E-state index in [0.29, 0.717) is 50.7 Å². The minimum Gasteiger partial charge on any atom is -0.496 e. The van der Waals surface area contributed by atoms with E-state index in [4.69, 9.17) is 9.15 Å². The summed E-state index contributed by atoms with van der Waals surface area (Å²) in [6.07, 6.45) is 0. The molecule has 180 valence electrons. The molecule has 1 heterocycles. The number of rotatable bonds is 7. The molecule has 0 saturated carbocycles. The monoisotopic (exact) mass is 545 g/mol. The van der Waals surface area contributed by atoms with Gasteiger partial charge in [-0.05, 0) is 82.2 Å². The lowest BCUT2D eigenvalue weighted by Crippen LogP contribution is -2.12. The van der Waals surface area contributed by atoms with E-state index in [-0.39, 0.29) is 5.91 Å². The number of fused-ring (bicyclic) bond motifs is 1. The van der Waals surface area contributed by atoms with Crippen LogP contribution in [0.2, 0.25) is 0 Å². The van der Waals surface area contributed by atoms with Gasteiger partial charge in [0.25, 0.3) is 5.91 Å². The molecule has 0 atom stereocenters. The molecule has 0 aliphatic rings. The van der Waals surface area contributed by atoms with Crippen LogP contribution in [-0.2, 0) is 6.54 Å². The molecule has 0 fully saturated rings. The van der Waals surface area contributed by atoms with Crippen LogP contribution >= 0.6 is 15.9 Å². The summed E-state index contributed by atoms with van der Waals surface area (Å²) in [4.78, 5) is 17.0. The maximum Gasteiger partial charge on any atom is 0.255 e. The molecular weight excluding hydrogens is 525 g/mol. The molecule has 0 aliphatic carbocycles. The molecule has 1 aromatic heterocycles. The Labute approximate surface area is 215 Å². The fourth-order valence-electron chi connectivity index (χ4n) is 3.70. The SMILES string of the molecule is COc1ccc(C(=O)Nc2ccc(CNc3ccc(-c4nc5ccccc5o4)cc3F)cc2)cc1Br. The van der Waals surface area contributed by atoms with Gasteiger partial charge in [0.1, 0.15) is 17.1 Å². The van der Waals surface area contributed by atoms with E-state index in [2.05, 4.69) is 31.5 Å². The largest absolute Gasteiger partial charge is 0.496 e. The van der Waals surface area contributed by atoms with Crippen molar-refractivity contribution in [2.45, 2.75) is 6.54 Å². The van der Waals surface area contributed by atoms with Crippen molar-refractivity contribution in [1.29, 1.82) is 0 Å². The molecule has 6 nitrogen and oxygen atoms in total. The Bertz CT molecular complexity index is 1520. The molecule has 2 N–H and O–H groups in total. The number of ether oxygens (including phenoxy) is 1. The molecule has 0 unspecified atom stereocenters. The van der Waals surface area contributed by atoms with E-state index in [0.717, 1.165) is 11.1 Å². The Balaban J connectivity index is 1.21. The predicted octanol–water partition coefficient (Wildman–Crippen LogP) is 7.27. The number of benzene rings is 4. The molecular formula is C28H21BrFN3O3. The second-order valence-corrected chi connectivity index (χ2v) is 8.89. The van der Waals surface area contributed by atoms with Crippen LogP contribution in [0.5, 0.6) is 5.75 Å². The minimum atomic E-state index is -0.399. The van der Waals surface area contributed by atoms with Crippen LogP contribution < -0.4 is 15.4 Å².